The molecule has 0 spiro atoms. The Morgan fingerprint density at radius 2 is 2.06 bits per heavy atom. The van der Waals surface area contributed by atoms with Crippen molar-refractivity contribution in [2.75, 3.05) is 12.4 Å². The number of halogens is 1. The maximum absolute atomic E-state index is 11.9. The molecule has 4 nitrogen and oxygen atoms in total. The summed E-state index contributed by atoms with van der Waals surface area (Å²) in [6.07, 6.45) is 1.58. The molecule has 0 unspecified atom stereocenters. The Labute approximate surface area is 110 Å². The maximum atomic E-state index is 11.9. The third kappa shape index (κ3) is 3.28. The second kappa shape index (κ2) is 5.60. The van der Waals surface area contributed by atoms with Gasteiger partial charge in [-0.3, -0.25) is 0 Å². The van der Waals surface area contributed by atoms with E-state index in [1.54, 1.807) is 43.6 Å². The summed E-state index contributed by atoms with van der Waals surface area (Å²) in [5.74, 6) is 0.740. The van der Waals surface area contributed by atoms with Crippen molar-refractivity contribution in [2.45, 2.75) is 6.54 Å². The molecule has 2 aromatic rings. The number of urea groups is 1. The normalized spacial score (nSPS) is 10.1. The molecule has 0 saturated heterocycles. The molecule has 2 amide bonds. The van der Waals surface area contributed by atoms with Crippen molar-refractivity contribution in [3.05, 3.63) is 53.4 Å². The van der Waals surface area contributed by atoms with Gasteiger partial charge in [0.25, 0.3) is 0 Å². The van der Waals surface area contributed by atoms with E-state index in [0.29, 0.717) is 17.3 Å². The third-order valence-corrected chi connectivity index (χ3v) is 2.67. The van der Waals surface area contributed by atoms with Crippen LogP contribution in [-0.2, 0) is 6.54 Å². The van der Waals surface area contributed by atoms with Gasteiger partial charge in [0.05, 0.1) is 12.8 Å². The molecule has 1 aromatic heterocycles. The van der Waals surface area contributed by atoms with Crippen molar-refractivity contribution >= 4 is 23.3 Å². The van der Waals surface area contributed by atoms with Gasteiger partial charge < -0.3 is 14.6 Å². The van der Waals surface area contributed by atoms with Crippen molar-refractivity contribution < 1.29 is 9.21 Å². The first-order valence-corrected chi connectivity index (χ1v) is 5.83. The number of furan rings is 1. The number of anilines is 1. The lowest BCUT2D eigenvalue weighted by Crippen LogP contribution is -2.30. The molecular weight excluding hydrogens is 252 g/mol. The van der Waals surface area contributed by atoms with Crippen LogP contribution < -0.4 is 5.32 Å². The lowest BCUT2D eigenvalue weighted by molar-refractivity contribution is 0.217. The zero-order valence-electron chi connectivity index (χ0n) is 9.89. The first-order chi connectivity index (χ1) is 8.65. The predicted octanol–water partition coefficient (Wildman–Crippen LogP) is 3.60. The number of carbonyl (C=O) groups excluding carboxylic acids is 1. The summed E-state index contributed by atoms with van der Waals surface area (Å²) in [6.45, 7) is 0.423. The van der Waals surface area contributed by atoms with Gasteiger partial charge in [-0.2, -0.15) is 0 Å². The molecule has 1 heterocycles. The lowest BCUT2D eigenvalue weighted by atomic mass is 10.3. The van der Waals surface area contributed by atoms with Gasteiger partial charge in [-0.15, -0.1) is 0 Å². The van der Waals surface area contributed by atoms with E-state index in [0.717, 1.165) is 5.76 Å². The predicted molar refractivity (Wildman–Crippen MR) is 70.6 cm³/mol. The van der Waals surface area contributed by atoms with E-state index in [4.69, 9.17) is 16.0 Å². The molecule has 0 fully saturated rings. The molecule has 1 aromatic carbocycles. The number of nitrogens with zero attached hydrogens (tertiary/aromatic N) is 1. The maximum Gasteiger partial charge on any atom is 0.321 e. The largest absolute Gasteiger partial charge is 0.467 e. The highest BCUT2D eigenvalue weighted by atomic mass is 35.5. The van der Waals surface area contributed by atoms with Gasteiger partial charge in [-0.1, -0.05) is 11.6 Å². The van der Waals surface area contributed by atoms with Gasteiger partial charge in [0.1, 0.15) is 5.76 Å². The summed E-state index contributed by atoms with van der Waals surface area (Å²) in [6, 6.07) is 10.4. The van der Waals surface area contributed by atoms with E-state index in [9.17, 15) is 4.79 Å². The summed E-state index contributed by atoms with van der Waals surface area (Å²) in [4.78, 5) is 13.4. The summed E-state index contributed by atoms with van der Waals surface area (Å²) in [5.41, 5.74) is 0.704. The number of nitrogens with one attached hydrogen (secondary N) is 1. The molecule has 0 bridgehead atoms. The standard InChI is InChI=1S/C13H13ClN2O2/c1-16(9-12-3-2-8-18-12)13(17)15-11-6-4-10(14)5-7-11/h2-8H,9H2,1H3,(H,15,17). The van der Waals surface area contributed by atoms with E-state index < -0.39 is 0 Å². The second-order valence-electron chi connectivity index (χ2n) is 3.87. The zero-order valence-corrected chi connectivity index (χ0v) is 10.6. The third-order valence-electron chi connectivity index (χ3n) is 2.42. The van der Waals surface area contributed by atoms with Crippen LogP contribution in [0, 0.1) is 0 Å². The molecule has 5 heteroatoms. The van der Waals surface area contributed by atoms with Gasteiger partial charge >= 0.3 is 6.03 Å². The minimum absolute atomic E-state index is 0.200. The Balaban J connectivity index is 1.93. The minimum Gasteiger partial charge on any atom is -0.467 e. The van der Waals surface area contributed by atoms with Gasteiger partial charge in [0.15, 0.2) is 0 Å². The molecule has 0 aliphatic heterocycles. The van der Waals surface area contributed by atoms with E-state index >= 15 is 0 Å². The highest BCUT2D eigenvalue weighted by molar-refractivity contribution is 6.30. The Morgan fingerprint density at radius 1 is 1.33 bits per heavy atom. The van der Waals surface area contributed by atoms with Crippen molar-refractivity contribution in [1.29, 1.82) is 0 Å². The first kappa shape index (κ1) is 12.5. The molecule has 0 radical (unpaired) electrons. The van der Waals surface area contributed by atoms with E-state index in [2.05, 4.69) is 5.32 Å². The van der Waals surface area contributed by atoms with Crippen LogP contribution in [-0.4, -0.2) is 18.0 Å². The summed E-state index contributed by atoms with van der Waals surface area (Å²) in [7, 11) is 1.70. The topological polar surface area (TPSA) is 45.5 Å². The summed E-state index contributed by atoms with van der Waals surface area (Å²) >= 11 is 5.77. The van der Waals surface area contributed by atoms with E-state index in [-0.39, 0.29) is 6.03 Å². The number of carbonyl (C=O) groups is 1. The molecule has 1 N–H and O–H groups in total. The number of amides is 2. The molecule has 94 valence electrons. The number of rotatable bonds is 3. The molecule has 18 heavy (non-hydrogen) atoms. The summed E-state index contributed by atoms with van der Waals surface area (Å²) < 4.78 is 5.18. The van der Waals surface area contributed by atoms with Crippen LogP contribution in [0.25, 0.3) is 0 Å². The van der Waals surface area contributed by atoms with Crippen LogP contribution in [0.3, 0.4) is 0 Å². The summed E-state index contributed by atoms with van der Waals surface area (Å²) in [5, 5.41) is 3.40. The number of hydrogen-bond donors (Lipinski definition) is 1. The van der Waals surface area contributed by atoms with Gasteiger partial charge in [-0.05, 0) is 36.4 Å². The molecule has 2 rings (SSSR count). The van der Waals surface area contributed by atoms with Crippen molar-refractivity contribution in [2.24, 2.45) is 0 Å². The Kier molecular flexibility index (Phi) is 3.89. The fourth-order valence-electron chi connectivity index (χ4n) is 1.46. The second-order valence-corrected chi connectivity index (χ2v) is 4.31. The first-order valence-electron chi connectivity index (χ1n) is 5.45. The highest BCUT2D eigenvalue weighted by Crippen LogP contribution is 2.14. The van der Waals surface area contributed by atoms with Crippen LogP contribution in [0.4, 0.5) is 10.5 Å². The van der Waals surface area contributed by atoms with Crippen LogP contribution in [0.1, 0.15) is 5.76 Å². The molecule has 0 atom stereocenters. The highest BCUT2D eigenvalue weighted by Gasteiger charge is 2.10. The fourth-order valence-corrected chi connectivity index (χ4v) is 1.59. The van der Waals surface area contributed by atoms with Crippen molar-refractivity contribution in [1.82, 2.24) is 4.90 Å². The molecule has 0 aliphatic carbocycles. The van der Waals surface area contributed by atoms with Crippen LogP contribution in [0.15, 0.2) is 47.1 Å². The van der Waals surface area contributed by atoms with Crippen LogP contribution in [0.5, 0.6) is 0 Å². The Bertz CT molecular complexity index is 508. The molecule has 0 saturated carbocycles. The van der Waals surface area contributed by atoms with Crippen LogP contribution >= 0.6 is 11.6 Å². The lowest BCUT2D eigenvalue weighted by Gasteiger charge is -2.16. The average molecular weight is 265 g/mol. The van der Waals surface area contributed by atoms with E-state index in [1.807, 2.05) is 6.07 Å². The zero-order chi connectivity index (χ0) is 13.0. The van der Waals surface area contributed by atoms with Gasteiger partial charge in [-0.25, -0.2) is 4.79 Å². The van der Waals surface area contributed by atoms with E-state index in [1.165, 1.54) is 4.90 Å². The van der Waals surface area contributed by atoms with Gasteiger partial charge in [0.2, 0.25) is 0 Å². The average Bonchev–Trinajstić information content (AvgIpc) is 2.85. The van der Waals surface area contributed by atoms with Crippen LogP contribution in [0.2, 0.25) is 5.02 Å². The fraction of sp³-hybridized carbons (Fsp3) is 0.154. The SMILES string of the molecule is CN(Cc1ccco1)C(=O)Nc1ccc(Cl)cc1. The van der Waals surface area contributed by atoms with Crippen molar-refractivity contribution in [3.63, 3.8) is 0 Å². The van der Waals surface area contributed by atoms with Gasteiger partial charge in [0, 0.05) is 17.8 Å². The Hall–Kier alpha value is -1.94. The molecule has 0 aliphatic rings. The number of benzene rings is 1. The Morgan fingerprint density at radius 3 is 2.67 bits per heavy atom. The minimum atomic E-state index is -0.200. The monoisotopic (exact) mass is 264 g/mol. The number of hydrogen-bond acceptors (Lipinski definition) is 2. The molecular formula is C13H13ClN2O2. The van der Waals surface area contributed by atoms with Crippen molar-refractivity contribution in [3.8, 4) is 0 Å². The smallest absolute Gasteiger partial charge is 0.321 e. The quantitative estimate of drug-likeness (QED) is 0.921.